The number of nitrogens with zero attached hydrogens (tertiary/aromatic N) is 3. The summed E-state index contributed by atoms with van der Waals surface area (Å²) < 4.78 is 5.01. The molecule has 4 rings (SSSR count). The zero-order valence-corrected chi connectivity index (χ0v) is 20.6. The molecule has 2 heterocycles. The molecule has 0 radical (unpaired) electrons. The zero-order valence-electron chi connectivity index (χ0n) is 19.8. The smallest absolute Gasteiger partial charge is 0.308 e. The molecule has 1 aromatic carbocycles. The molecule has 1 fully saturated rings. The number of anilines is 1. The van der Waals surface area contributed by atoms with Crippen LogP contribution in [0.5, 0.6) is 5.75 Å². The second kappa shape index (κ2) is 9.22. The van der Waals surface area contributed by atoms with Gasteiger partial charge in [0.25, 0.3) is 0 Å². The molecule has 0 N–H and O–H groups in total. The van der Waals surface area contributed by atoms with Crippen LogP contribution in [0.15, 0.2) is 35.4 Å². The van der Waals surface area contributed by atoms with Gasteiger partial charge >= 0.3 is 5.97 Å². The van der Waals surface area contributed by atoms with E-state index in [0.29, 0.717) is 27.9 Å². The fourth-order valence-corrected chi connectivity index (χ4v) is 5.58. The van der Waals surface area contributed by atoms with Gasteiger partial charge in [0.2, 0.25) is 11.8 Å². The first kappa shape index (κ1) is 24.0. The van der Waals surface area contributed by atoms with E-state index >= 15 is 0 Å². The molecular weight excluding hydrogens is 450 g/mol. The number of ether oxygens (including phenoxy) is 1. The van der Waals surface area contributed by atoms with Gasteiger partial charge in [-0.05, 0) is 66.5 Å². The third-order valence-corrected chi connectivity index (χ3v) is 7.60. The third kappa shape index (κ3) is 4.85. The molecule has 2 atom stereocenters. The van der Waals surface area contributed by atoms with Gasteiger partial charge in [0.1, 0.15) is 16.8 Å². The predicted octanol–water partition coefficient (Wildman–Crippen LogP) is 4.45. The van der Waals surface area contributed by atoms with Crippen molar-refractivity contribution in [3.63, 3.8) is 0 Å². The standard InChI is InChI=1S/C26H27N3O4S/c1-15(30)33-20-8-6-19(7-9-20)29-23(31)13-22(25(29)32)34-24-17(14-27)11-16-12-18(26(2,3)4)5-10-21(16)28-24/h6-9,11,18,22H,5,10,12-13H2,1-4H3. The highest BCUT2D eigenvalue weighted by Gasteiger charge is 2.41. The van der Waals surface area contributed by atoms with Crippen molar-refractivity contribution >= 4 is 35.2 Å². The Bertz CT molecular complexity index is 1190. The average molecular weight is 478 g/mol. The summed E-state index contributed by atoms with van der Waals surface area (Å²) in [6.07, 6.45) is 2.81. The van der Waals surface area contributed by atoms with E-state index in [1.54, 1.807) is 24.3 Å². The van der Waals surface area contributed by atoms with Crippen molar-refractivity contribution in [2.45, 2.75) is 63.7 Å². The molecule has 1 aliphatic heterocycles. The van der Waals surface area contributed by atoms with Crippen molar-refractivity contribution in [1.29, 1.82) is 5.26 Å². The number of amides is 2. The predicted molar refractivity (Wildman–Crippen MR) is 128 cm³/mol. The van der Waals surface area contributed by atoms with E-state index < -0.39 is 11.2 Å². The molecule has 0 saturated carbocycles. The summed E-state index contributed by atoms with van der Waals surface area (Å²) in [7, 11) is 0. The number of hydrogen-bond acceptors (Lipinski definition) is 7. The minimum absolute atomic E-state index is 0.0327. The highest BCUT2D eigenvalue weighted by molar-refractivity contribution is 8.00. The van der Waals surface area contributed by atoms with Crippen molar-refractivity contribution in [2.24, 2.45) is 11.3 Å². The summed E-state index contributed by atoms with van der Waals surface area (Å²) in [6, 6.07) is 10.4. The summed E-state index contributed by atoms with van der Waals surface area (Å²) in [5.74, 6) is -0.232. The highest BCUT2D eigenvalue weighted by Crippen LogP contribution is 2.40. The van der Waals surface area contributed by atoms with Crippen LogP contribution in [0, 0.1) is 22.7 Å². The van der Waals surface area contributed by atoms with E-state index in [2.05, 4.69) is 26.8 Å². The van der Waals surface area contributed by atoms with Crippen LogP contribution >= 0.6 is 11.8 Å². The molecule has 1 aromatic heterocycles. The van der Waals surface area contributed by atoms with Crippen LogP contribution in [-0.4, -0.2) is 28.0 Å². The Kier molecular flexibility index (Phi) is 6.50. The zero-order chi connectivity index (χ0) is 24.6. The number of esters is 1. The molecule has 2 aromatic rings. The van der Waals surface area contributed by atoms with Gasteiger partial charge in [-0.15, -0.1) is 0 Å². The molecule has 2 amide bonds. The molecular formula is C26H27N3O4S. The Morgan fingerprint density at radius 2 is 1.91 bits per heavy atom. The lowest BCUT2D eigenvalue weighted by atomic mass is 9.71. The number of hydrogen-bond donors (Lipinski definition) is 0. The topological polar surface area (TPSA) is 100 Å². The van der Waals surface area contributed by atoms with Crippen molar-refractivity contribution in [3.05, 3.63) is 47.2 Å². The van der Waals surface area contributed by atoms with Gasteiger partial charge in [0.05, 0.1) is 16.5 Å². The summed E-state index contributed by atoms with van der Waals surface area (Å²) in [4.78, 5) is 42.8. The lowest BCUT2D eigenvalue weighted by Crippen LogP contribution is -2.31. The molecule has 2 aliphatic rings. The quantitative estimate of drug-likeness (QED) is 0.364. The van der Waals surface area contributed by atoms with Crippen LogP contribution in [0.2, 0.25) is 0 Å². The number of aromatic nitrogens is 1. The van der Waals surface area contributed by atoms with Gasteiger partial charge in [-0.1, -0.05) is 32.5 Å². The number of thioether (sulfide) groups is 1. The minimum Gasteiger partial charge on any atom is -0.427 e. The lowest BCUT2D eigenvalue weighted by Gasteiger charge is -2.34. The summed E-state index contributed by atoms with van der Waals surface area (Å²) in [5, 5.41) is 9.61. The molecule has 1 saturated heterocycles. The number of fused-ring (bicyclic) bond motifs is 1. The first-order valence-corrected chi connectivity index (χ1v) is 12.2. The average Bonchev–Trinajstić information content (AvgIpc) is 3.05. The first-order chi connectivity index (χ1) is 16.1. The normalized spacial score (nSPS) is 20.1. The van der Waals surface area contributed by atoms with Gasteiger partial charge in [-0.3, -0.25) is 14.4 Å². The molecule has 0 bridgehead atoms. The van der Waals surface area contributed by atoms with E-state index in [4.69, 9.17) is 9.72 Å². The first-order valence-electron chi connectivity index (χ1n) is 11.3. The van der Waals surface area contributed by atoms with Crippen LogP contribution < -0.4 is 9.64 Å². The largest absolute Gasteiger partial charge is 0.427 e. The van der Waals surface area contributed by atoms with Gasteiger partial charge in [-0.2, -0.15) is 5.26 Å². The number of benzene rings is 1. The maximum Gasteiger partial charge on any atom is 0.308 e. The summed E-state index contributed by atoms with van der Waals surface area (Å²) in [6.45, 7) is 8.02. The van der Waals surface area contributed by atoms with E-state index in [0.717, 1.165) is 35.4 Å². The number of aryl methyl sites for hydroxylation is 1. The van der Waals surface area contributed by atoms with Crippen molar-refractivity contribution in [3.8, 4) is 11.8 Å². The Labute approximate surface area is 203 Å². The number of carbonyl (C=O) groups excluding carboxylic acids is 3. The molecule has 7 nitrogen and oxygen atoms in total. The number of imide groups is 1. The fraction of sp³-hybridized carbons (Fsp3) is 0.423. The van der Waals surface area contributed by atoms with Crippen molar-refractivity contribution in [2.75, 3.05) is 4.90 Å². The number of carbonyl (C=O) groups is 3. The van der Waals surface area contributed by atoms with Crippen LogP contribution in [0.4, 0.5) is 5.69 Å². The van der Waals surface area contributed by atoms with Gasteiger partial charge < -0.3 is 4.74 Å². The van der Waals surface area contributed by atoms with E-state index in [9.17, 15) is 19.6 Å². The second-order valence-electron chi connectivity index (χ2n) is 9.83. The third-order valence-electron chi connectivity index (χ3n) is 6.41. The molecule has 8 heteroatoms. The Hall–Kier alpha value is -3.18. The van der Waals surface area contributed by atoms with Crippen LogP contribution in [0.3, 0.4) is 0 Å². The van der Waals surface area contributed by atoms with E-state index in [1.165, 1.54) is 18.7 Å². The molecule has 0 spiro atoms. The van der Waals surface area contributed by atoms with Crippen LogP contribution in [0.1, 0.15) is 57.4 Å². The van der Waals surface area contributed by atoms with E-state index in [-0.39, 0.29) is 23.7 Å². The Morgan fingerprint density at radius 3 is 2.53 bits per heavy atom. The van der Waals surface area contributed by atoms with Crippen LogP contribution in [-0.2, 0) is 27.2 Å². The highest BCUT2D eigenvalue weighted by atomic mass is 32.2. The SMILES string of the molecule is CC(=O)Oc1ccc(N2C(=O)CC(Sc3nc4c(cc3C#N)CC(C(C)(C)C)CC4)C2=O)cc1. The maximum atomic E-state index is 13.1. The lowest BCUT2D eigenvalue weighted by molar-refractivity contribution is -0.132. The van der Waals surface area contributed by atoms with Crippen molar-refractivity contribution < 1.29 is 19.1 Å². The minimum atomic E-state index is -0.649. The van der Waals surface area contributed by atoms with Gasteiger partial charge in [0.15, 0.2) is 0 Å². The Morgan fingerprint density at radius 1 is 1.21 bits per heavy atom. The second-order valence-corrected chi connectivity index (χ2v) is 11.0. The molecule has 176 valence electrons. The van der Waals surface area contributed by atoms with Crippen LogP contribution in [0.25, 0.3) is 0 Å². The summed E-state index contributed by atoms with van der Waals surface area (Å²) >= 11 is 1.19. The number of nitriles is 1. The fourth-order valence-electron chi connectivity index (χ4n) is 4.49. The number of rotatable bonds is 4. The van der Waals surface area contributed by atoms with Gasteiger partial charge in [-0.25, -0.2) is 9.88 Å². The molecule has 1 aliphatic carbocycles. The van der Waals surface area contributed by atoms with Crippen molar-refractivity contribution in [1.82, 2.24) is 4.98 Å². The van der Waals surface area contributed by atoms with Gasteiger partial charge in [0, 0.05) is 19.0 Å². The monoisotopic (exact) mass is 477 g/mol. The summed E-state index contributed by atoms with van der Waals surface area (Å²) in [5.41, 5.74) is 3.14. The molecule has 2 unspecified atom stereocenters. The molecule has 34 heavy (non-hydrogen) atoms. The number of pyridine rings is 1. The maximum absolute atomic E-state index is 13.1. The van der Waals surface area contributed by atoms with E-state index in [1.807, 2.05) is 6.07 Å². The Balaban J connectivity index is 1.53.